The monoisotopic (exact) mass is 388 g/mol. The maximum Gasteiger partial charge on any atom is 0.314 e. The maximum atomic E-state index is 12.8. The third kappa shape index (κ3) is 1.97. The fourth-order valence-electron chi connectivity index (χ4n) is 7.13. The van der Waals surface area contributed by atoms with Gasteiger partial charge in [0, 0.05) is 36.7 Å². The van der Waals surface area contributed by atoms with Gasteiger partial charge >= 0.3 is 11.9 Å². The molecule has 0 amide bonds. The summed E-state index contributed by atoms with van der Waals surface area (Å²) < 4.78 is 17.4. The fraction of sp³-hybridized carbons (Fsp3) is 0.727. The quantitative estimate of drug-likeness (QED) is 0.745. The van der Waals surface area contributed by atoms with E-state index in [4.69, 9.17) is 13.9 Å². The Morgan fingerprint density at radius 3 is 2.79 bits per heavy atom. The van der Waals surface area contributed by atoms with Crippen molar-refractivity contribution in [3.05, 3.63) is 23.7 Å². The molecule has 0 spiro atoms. The minimum atomic E-state index is -1.12. The van der Waals surface area contributed by atoms with Crippen LogP contribution in [0, 0.1) is 22.7 Å². The standard InChI is InChI=1S/C22H28O6/c1-11(23)27-16-5-7-20(2,3)22(25)10-15-18-13(21(16,22)4)9-14-12(6-8-26-14)17(18)19(24)28-15/h6,8,13,15-18,25H,5,7,9-10H2,1-4H3/t13-,15-,16-,17+,18?,21-,22+/m0/s1. The van der Waals surface area contributed by atoms with Gasteiger partial charge in [-0.2, -0.15) is 0 Å². The van der Waals surface area contributed by atoms with Gasteiger partial charge in [0.25, 0.3) is 0 Å². The molecule has 1 unspecified atom stereocenters. The second kappa shape index (κ2) is 5.41. The second-order valence-corrected chi connectivity index (χ2v) is 10.0. The molecule has 2 saturated carbocycles. The molecule has 1 saturated heterocycles. The fourth-order valence-corrected chi connectivity index (χ4v) is 7.13. The molecular weight excluding hydrogens is 360 g/mol. The number of hydrogen-bond donors (Lipinski definition) is 1. The van der Waals surface area contributed by atoms with E-state index in [9.17, 15) is 14.7 Å². The summed E-state index contributed by atoms with van der Waals surface area (Å²) in [6, 6.07) is 1.87. The lowest BCUT2D eigenvalue weighted by Gasteiger charge is -2.67. The van der Waals surface area contributed by atoms with Crippen LogP contribution in [0.15, 0.2) is 16.7 Å². The number of fused-ring (bicyclic) bond motifs is 4. The summed E-state index contributed by atoms with van der Waals surface area (Å²) in [6.45, 7) is 7.62. The molecule has 6 nitrogen and oxygen atoms in total. The predicted molar refractivity (Wildman–Crippen MR) is 98.3 cm³/mol. The Balaban J connectivity index is 1.70. The molecule has 1 aliphatic heterocycles. The van der Waals surface area contributed by atoms with Crippen LogP contribution >= 0.6 is 0 Å². The van der Waals surface area contributed by atoms with E-state index in [-0.39, 0.29) is 35.8 Å². The van der Waals surface area contributed by atoms with Crippen LogP contribution in [0.3, 0.4) is 0 Å². The van der Waals surface area contributed by atoms with Crippen molar-refractivity contribution >= 4 is 11.9 Å². The summed E-state index contributed by atoms with van der Waals surface area (Å²) in [6.07, 6.45) is 3.34. The van der Waals surface area contributed by atoms with Crippen molar-refractivity contribution in [2.75, 3.05) is 0 Å². The number of ether oxygens (including phenoxy) is 2. The van der Waals surface area contributed by atoms with E-state index in [1.807, 2.05) is 6.07 Å². The molecule has 1 aromatic rings. The zero-order valence-corrected chi connectivity index (χ0v) is 16.9. The molecule has 7 atom stereocenters. The third-order valence-corrected chi connectivity index (χ3v) is 8.61. The molecule has 6 heteroatoms. The molecule has 0 bridgehead atoms. The smallest absolute Gasteiger partial charge is 0.314 e. The lowest BCUT2D eigenvalue weighted by atomic mass is 9.40. The van der Waals surface area contributed by atoms with Gasteiger partial charge in [0.15, 0.2) is 0 Å². The molecule has 0 aromatic carbocycles. The van der Waals surface area contributed by atoms with Gasteiger partial charge in [0.2, 0.25) is 0 Å². The van der Waals surface area contributed by atoms with Crippen LogP contribution in [0.25, 0.3) is 0 Å². The second-order valence-electron chi connectivity index (χ2n) is 10.0. The van der Waals surface area contributed by atoms with Gasteiger partial charge in [-0.1, -0.05) is 20.8 Å². The van der Waals surface area contributed by atoms with E-state index < -0.39 is 22.5 Å². The first-order chi connectivity index (χ1) is 13.1. The lowest BCUT2D eigenvalue weighted by Crippen LogP contribution is -2.73. The molecule has 152 valence electrons. The highest BCUT2D eigenvalue weighted by Gasteiger charge is 2.74. The third-order valence-electron chi connectivity index (χ3n) is 8.61. The van der Waals surface area contributed by atoms with Crippen molar-refractivity contribution in [1.29, 1.82) is 0 Å². The molecule has 4 aliphatic rings. The normalized spacial score (nSPS) is 45.5. The van der Waals surface area contributed by atoms with Crippen molar-refractivity contribution in [2.45, 2.75) is 77.1 Å². The first-order valence-corrected chi connectivity index (χ1v) is 10.3. The summed E-state index contributed by atoms with van der Waals surface area (Å²) in [4.78, 5) is 24.7. The van der Waals surface area contributed by atoms with Gasteiger partial charge < -0.3 is 19.0 Å². The van der Waals surface area contributed by atoms with E-state index in [0.717, 1.165) is 17.7 Å². The maximum absolute atomic E-state index is 12.8. The largest absolute Gasteiger partial charge is 0.469 e. The van der Waals surface area contributed by atoms with Crippen molar-refractivity contribution < 1.29 is 28.6 Å². The van der Waals surface area contributed by atoms with Crippen molar-refractivity contribution in [1.82, 2.24) is 0 Å². The Morgan fingerprint density at radius 1 is 1.32 bits per heavy atom. The first-order valence-electron chi connectivity index (χ1n) is 10.3. The van der Waals surface area contributed by atoms with Gasteiger partial charge in [0.1, 0.15) is 18.0 Å². The van der Waals surface area contributed by atoms with Crippen LogP contribution in [0.5, 0.6) is 0 Å². The zero-order valence-electron chi connectivity index (χ0n) is 16.9. The molecule has 1 N–H and O–H groups in total. The van der Waals surface area contributed by atoms with Gasteiger partial charge in [-0.05, 0) is 30.2 Å². The Labute approximate surface area is 164 Å². The van der Waals surface area contributed by atoms with Crippen LogP contribution in [0.1, 0.15) is 64.2 Å². The predicted octanol–water partition coefficient (Wildman–Crippen LogP) is 2.97. The highest BCUT2D eigenvalue weighted by Crippen LogP contribution is 2.69. The van der Waals surface area contributed by atoms with E-state index in [0.29, 0.717) is 19.3 Å². The van der Waals surface area contributed by atoms with Gasteiger partial charge in [-0.3, -0.25) is 9.59 Å². The number of furan rings is 1. The molecule has 5 rings (SSSR count). The number of carbonyl (C=O) groups excluding carboxylic acids is 2. The topological polar surface area (TPSA) is 86.0 Å². The molecule has 0 radical (unpaired) electrons. The number of aliphatic hydroxyl groups is 1. The van der Waals surface area contributed by atoms with Gasteiger partial charge in [0.05, 0.1) is 17.8 Å². The zero-order chi connectivity index (χ0) is 20.1. The van der Waals surface area contributed by atoms with E-state index >= 15 is 0 Å². The minimum absolute atomic E-state index is 0.0326. The van der Waals surface area contributed by atoms with Crippen LogP contribution in [-0.4, -0.2) is 34.9 Å². The molecule has 1 aromatic heterocycles. The number of carbonyl (C=O) groups is 2. The van der Waals surface area contributed by atoms with Crippen LogP contribution in [0.4, 0.5) is 0 Å². The average Bonchev–Trinajstić information content (AvgIpc) is 3.19. The van der Waals surface area contributed by atoms with Crippen LogP contribution in [0.2, 0.25) is 0 Å². The summed E-state index contributed by atoms with van der Waals surface area (Å²) in [7, 11) is 0. The van der Waals surface area contributed by atoms with Crippen LogP contribution in [-0.2, 0) is 25.5 Å². The summed E-state index contributed by atoms with van der Waals surface area (Å²) in [5.41, 5.74) is -1.29. The van der Waals surface area contributed by atoms with Crippen LogP contribution < -0.4 is 0 Å². The molecule has 28 heavy (non-hydrogen) atoms. The Morgan fingerprint density at radius 2 is 2.07 bits per heavy atom. The lowest BCUT2D eigenvalue weighted by molar-refractivity contribution is -0.289. The number of rotatable bonds is 1. The average molecular weight is 388 g/mol. The summed E-state index contributed by atoms with van der Waals surface area (Å²) >= 11 is 0. The van der Waals surface area contributed by atoms with E-state index in [1.165, 1.54) is 6.92 Å². The Hall–Kier alpha value is -1.82. The van der Waals surface area contributed by atoms with E-state index in [2.05, 4.69) is 20.8 Å². The molecule has 2 heterocycles. The number of hydrogen-bond acceptors (Lipinski definition) is 6. The minimum Gasteiger partial charge on any atom is -0.469 e. The first kappa shape index (κ1) is 18.2. The van der Waals surface area contributed by atoms with Crippen molar-refractivity contribution in [3.63, 3.8) is 0 Å². The SMILES string of the molecule is CC(=O)O[C@H]1CCC(C)(C)[C@]2(O)C[C@@H]3OC(=O)[C@@H]4c5ccoc5C[C@@H](C34)[C@@]12C. The molecular formula is C22H28O6. The van der Waals surface area contributed by atoms with Crippen molar-refractivity contribution in [3.8, 4) is 0 Å². The summed E-state index contributed by atoms with van der Waals surface area (Å²) in [5, 5.41) is 12.2. The Kier molecular flexibility index (Phi) is 3.52. The highest BCUT2D eigenvalue weighted by atomic mass is 16.6. The van der Waals surface area contributed by atoms with Gasteiger partial charge in [-0.15, -0.1) is 0 Å². The van der Waals surface area contributed by atoms with Crippen molar-refractivity contribution in [2.24, 2.45) is 22.7 Å². The van der Waals surface area contributed by atoms with E-state index in [1.54, 1.807) is 6.26 Å². The summed E-state index contributed by atoms with van der Waals surface area (Å²) in [5.74, 6) is -0.235. The highest BCUT2D eigenvalue weighted by molar-refractivity contribution is 5.82. The number of esters is 2. The Bertz CT molecular complexity index is 855. The van der Waals surface area contributed by atoms with Gasteiger partial charge in [-0.25, -0.2) is 0 Å². The molecule has 3 aliphatic carbocycles. The molecule has 3 fully saturated rings.